The van der Waals surface area contributed by atoms with Gasteiger partial charge in [-0.05, 0) is 35.1 Å². The van der Waals surface area contributed by atoms with Gasteiger partial charge in [-0.2, -0.15) is 0 Å². The maximum Gasteiger partial charge on any atom is 0.126 e. The van der Waals surface area contributed by atoms with Gasteiger partial charge in [-0.3, -0.25) is 0 Å². The molecule has 4 nitrogen and oxygen atoms in total. The van der Waals surface area contributed by atoms with Gasteiger partial charge in [-0.15, -0.1) is 10.2 Å². The van der Waals surface area contributed by atoms with E-state index in [1.807, 2.05) is 32.0 Å². The molecule has 0 spiro atoms. The van der Waals surface area contributed by atoms with Crippen LogP contribution in [-0.2, 0) is 0 Å². The molecule has 2 rings (SSSR count). The predicted molar refractivity (Wildman–Crippen MR) is 79.7 cm³/mol. The van der Waals surface area contributed by atoms with Gasteiger partial charge in [-0.25, -0.2) is 0 Å². The lowest BCUT2D eigenvalue weighted by molar-refractivity contribution is 0.855. The summed E-state index contributed by atoms with van der Waals surface area (Å²) in [5.41, 5.74) is 7.69. The fraction of sp³-hybridized carbons (Fsp3) is 0.267. The molecule has 2 aromatic rings. The van der Waals surface area contributed by atoms with Crippen LogP contribution in [0.2, 0.25) is 0 Å². The smallest absolute Gasteiger partial charge is 0.126 e. The molecule has 0 saturated heterocycles. The van der Waals surface area contributed by atoms with Crippen molar-refractivity contribution < 1.29 is 0 Å². The van der Waals surface area contributed by atoms with Crippen LogP contribution in [0.25, 0.3) is 10.8 Å². The van der Waals surface area contributed by atoms with Crippen molar-refractivity contribution in [2.75, 3.05) is 0 Å². The molecule has 19 heavy (non-hydrogen) atoms. The van der Waals surface area contributed by atoms with Crippen molar-refractivity contribution >= 4 is 22.3 Å². The van der Waals surface area contributed by atoms with Crippen LogP contribution in [0.15, 0.2) is 51.8 Å². The highest BCUT2D eigenvalue weighted by Gasteiger charge is 1.98. The third kappa shape index (κ3) is 3.37. The number of hydrogen-bond acceptors (Lipinski definition) is 2. The van der Waals surface area contributed by atoms with Crippen LogP contribution < -0.4 is 5.73 Å². The second-order valence-corrected chi connectivity index (χ2v) is 4.90. The summed E-state index contributed by atoms with van der Waals surface area (Å²) in [5.74, 6) is 0.665. The molecule has 0 radical (unpaired) electrons. The van der Waals surface area contributed by atoms with Crippen LogP contribution in [0.1, 0.15) is 19.4 Å². The SMILES string of the molecule is Cc1ccc2ccc(N=NN=C(N)C(C)C)cc2c1. The van der Waals surface area contributed by atoms with Crippen LogP contribution in [0.3, 0.4) is 0 Å². The third-order valence-corrected chi connectivity index (χ3v) is 2.89. The summed E-state index contributed by atoms with van der Waals surface area (Å²) in [6, 6.07) is 12.3. The highest BCUT2D eigenvalue weighted by molar-refractivity contribution is 5.85. The van der Waals surface area contributed by atoms with E-state index in [0.717, 1.165) is 11.1 Å². The van der Waals surface area contributed by atoms with Gasteiger partial charge >= 0.3 is 0 Å². The van der Waals surface area contributed by atoms with Gasteiger partial charge in [0.2, 0.25) is 0 Å². The summed E-state index contributed by atoms with van der Waals surface area (Å²) < 4.78 is 0. The first-order chi connectivity index (χ1) is 9.06. The first-order valence-electron chi connectivity index (χ1n) is 6.31. The average Bonchev–Trinajstić information content (AvgIpc) is 2.38. The Bertz CT molecular complexity index is 642. The maximum absolute atomic E-state index is 5.69. The molecule has 0 atom stereocenters. The maximum atomic E-state index is 5.69. The lowest BCUT2D eigenvalue weighted by Crippen LogP contribution is -2.17. The minimum absolute atomic E-state index is 0.179. The van der Waals surface area contributed by atoms with E-state index in [1.54, 1.807) is 0 Å². The number of rotatable bonds is 3. The molecule has 0 unspecified atom stereocenters. The van der Waals surface area contributed by atoms with Crippen LogP contribution in [-0.4, -0.2) is 5.84 Å². The van der Waals surface area contributed by atoms with E-state index in [4.69, 9.17) is 5.73 Å². The van der Waals surface area contributed by atoms with Gasteiger partial charge in [0.1, 0.15) is 5.84 Å². The van der Waals surface area contributed by atoms with E-state index in [1.165, 1.54) is 10.9 Å². The minimum Gasteiger partial charge on any atom is -0.385 e. The second kappa shape index (κ2) is 5.61. The molecule has 0 fully saturated rings. The summed E-state index contributed by atoms with van der Waals surface area (Å²) in [6.07, 6.45) is 0. The van der Waals surface area contributed by atoms with Crippen molar-refractivity contribution in [1.82, 2.24) is 0 Å². The highest BCUT2D eigenvalue weighted by Crippen LogP contribution is 2.22. The minimum atomic E-state index is 0.179. The van der Waals surface area contributed by atoms with Crippen molar-refractivity contribution in [2.24, 2.45) is 27.1 Å². The fourth-order valence-electron chi connectivity index (χ4n) is 1.66. The van der Waals surface area contributed by atoms with Crippen LogP contribution in [0.4, 0.5) is 5.69 Å². The number of amidine groups is 1. The Morgan fingerprint density at radius 1 is 1.05 bits per heavy atom. The molecule has 98 valence electrons. The molecule has 2 N–H and O–H groups in total. The molecule has 0 aliphatic heterocycles. The molecular weight excluding hydrogens is 236 g/mol. The molecule has 0 amide bonds. The quantitative estimate of drug-likeness (QED) is 0.380. The van der Waals surface area contributed by atoms with Crippen molar-refractivity contribution in [3.8, 4) is 0 Å². The van der Waals surface area contributed by atoms with Gasteiger partial charge in [0.25, 0.3) is 0 Å². The Morgan fingerprint density at radius 3 is 2.53 bits per heavy atom. The lowest BCUT2D eigenvalue weighted by atomic mass is 10.1. The molecule has 0 heterocycles. The van der Waals surface area contributed by atoms with E-state index >= 15 is 0 Å². The first kappa shape index (κ1) is 13.2. The Kier molecular flexibility index (Phi) is 3.90. The molecule has 0 aliphatic carbocycles. The van der Waals surface area contributed by atoms with Crippen molar-refractivity contribution in [2.45, 2.75) is 20.8 Å². The van der Waals surface area contributed by atoms with Gasteiger partial charge in [0.05, 0.1) is 5.69 Å². The zero-order valence-corrected chi connectivity index (χ0v) is 11.5. The van der Waals surface area contributed by atoms with Gasteiger partial charge in [0, 0.05) is 5.92 Å². The van der Waals surface area contributed by atoms with Crippen LogP contribution >= 0.6 is 0 Å². The van der Waals surface area contributed by atoms with Gasteiger partial charge in [0.15, 0.2) is 0 Å². The number of nitrogens with zero attached hydrogens (tertiary/aromatic N) is 3. The van der Waals surface area contributed by atoms with Gasteiger partial charge in [-0.1, -0.05) is 43.7 Å². The van der Waals surface area contributed by atoms with E-state index in [9.17, 15) is 0 Å². The van der Waals surface area contributed by atoms with Crippen LogP contribution in [0, 0.1) is 12.8 Å². The Labute approximate surface area is 113 Å². The van der Waals surface area contributed by atoms with Crippen molar-refractivity contribution in [1.29, 1.82) is 0 Å². The summed E-state index contributed by atoms with van der Waals surface area (Å²) in [5, 5.41) is 14.1. The number of fused-ring (bicyclic) bond motifs is 1. The van der Waals surface area contributed by atoms with Crippen LogP contribution in [0.5, 0.6) is 0 Å². The normalized spacial score (nSPS) is 12.7. The summed E-state index contributed by atoms with van der Waals surface area (Å²) in [6.45, 7) is 6.00. The second-order valence-electron chi connectivity index (χ2n) is 4.90. The van der Waals surface area contributed by atoms with Crippen molar-refractivity contribution in [3.63, 3.8) is 0 Å². The number of benzene rings is 2. The number of hydrogen-bond donors (Lipinski definition) is 1. The van der Waals surface area contributed by atoms with E-state index in [-0.39, 0.29) is 5.92 Å². The number of aryl methyl sites for hydroxylation is 1. The largest absolute Gasteiger partial charge is 0.385 e. The summed E-state index contributed by atoms with van der Waals surface area (Å²) in [4.78, 5) is 0. The standard InChI is InChI=1S/C15H18N4/c1-10(2)15(16)18-19-17-14-7-6-12-5-4-11(3)8-13(12)9-14/h4-10H,1-3H3,(H2,16,17,18). The molecule has 2 aromatic carbocycles. The lowest BCUT2D eigenvalue weighted by Gasteiger charge is -2.00. The molecular formula is C15H18N4. The molecule has 0 bridgehead atoms. The zero-order valence-electron chi connectivity index (χ0n) is 11.5. The van der Waals surface area contributed by atoms with E-state index in [0.29, 0.717) is 5.84 Å². The summed E-state index contributed by atoms with van der Waals surface area (Å²) >= 11 is 0. The highest BCUT2D eigenvalue weighted by atomic mass is 15.4. The number of nitrogens with two attached hydrogens (primary N) is 1. The van der Waals surface area contributed by atoms with Crippen molar-refractivity contribution in [3.05, 3.63) is 42.0 Å². The van der Waals surface area contributed by atoms with E-state index in [2.05, 4.69) is 40.6 Å². The van der Waals surface area contributed by atoms with Gasteiger partial charge < -0.3 is 5.73 Å². The van der Waals surface area contributed by atoms with E-state index < -0.39 is 0 Å². The predicted octanol–water partition coefficient (Wildman–Crippen LogP) is 4.16. The third-order valence-electron chi connectivity index (χ3n) is 2.89. The Balaban J connectivity index is 2.26. The fourth-order valence-corrected chi connectivity index (χ4v) is 1.66. The zero-order chi connectivity index (χ0) is 13.8. The first-order valence-corrected chi connectivity index (χ1v) is 6.31. The molecule has 0 aliphatic rings. The topological polar surface area (TPSA) is 63.1 Å². The monoisotopic (exact) mass is 254 g/mol. The Morgan fingerprint density at radius 2 is 1.79 bits per heavy atom. The molecule has 0 saturated carbocycles. The molecule has 4 heteroatoms. The molecule has 0 aromatic heterocycles. The average molecular weight is 254 g/mol. The summed E-state index contributed by atoms with van der Waals surface area (Å²) in [7, 11) is 0. The Hall–Kier alpha value is -2.23.